The molecule has 8 heteroatoms. The number of hydrogen-bond acceptors (Lipinski definition) is 7. The van der Waals surface area contributed by atoms with Gasteiger partial charge in [-0.15, -0.1) is 0 Å². The summed E-state index contributed by atoms with van der Waals surface area (Å²) in [7, 11) is 0. The van der Waals surface area contributed by atoms with Gasteiger partial charge in [-0.2, -0.15) is 4.98 Å². The first-order valence-corrected chi connectivity index (χ1v) is 8.59. The van der Waals surface area contributed by atoms with Crippen LogP contribution in [0, 0.1) is 0 Å². The second kappa shape index (κ2) is 7.74. The van der Waals surface area contributed by atoms with Crippen LogP contribution in [0.4, 0.5) is 0 Å². The molecule has 25 heavy (non-hydrogen) atoms. The highest BCUT2D eigenvalue weighted by atomic mass is 35.5. The molecule has 1 aliphatic heterocycles. The van der Waals surface area contributed by atoms with Crippen LogP contribution in [0.15, 0.2) is 16.7 Å². The average Bonchev–Trinajstić information content (AvgIpc) is 2.92. The van der Waals surface area contributed by atoms with Crippen molar-refractivity contribution in [3.05, 3.63) is 34.4 Å². The van der Waals surface area contributed by atoms with Gasteiger partial charge < -0.3 is 18.7 Å². The fourth-order valence-corrected chi connectivity index (χ4v) is 2.65. The number of nitrogens with zero attached hydrogens (tertiary/aromatic N) is 2. The molecule has 1 aromatic heterocycles. The number of fused-ring (bicyclic) bond motifs is 1. The maximum Gasteiger partial charge on any atom is 0.339 e. The largest absolute Gasteiger partial charge is 0.489 e. The molecule has 0 bridgehead atoms. The third kappa shape index (κ3) is 4.04. The number of hydrogen-bond donors (Lipinski definition) is 0. The lowest BCUT2D eigenvalue weighted by atomic mass is 10.2. The molecule has 2 aromatic rings. The summed E-state index contributed by atoms with van der Waals surface area (Å²) >= 11 is 6.20. The molecular weight excluding hydrogens is 348 g/mol. The molecule has 0 fully saturated rings. The second-order valence-corrected chi connectivity index (χ2v) is 6.09. The summed E-state index contributed by atoms with van der Waals surface area (Å²) in [6.45, 7) is 4.71. The molecule has 1 aromatic carbocycles. The number of esters is 1. The Morgan fingerprint density at radius 1 is 1.36 bits per heavy atom. The molecule has 0 spiro atoms. The van der Waals surface area contributed by atoms with Crippen LogP contribution in [0.1, 0.15) is 54.9 Å². The third-order valence-electron chi connectivity index (χ3n) is 3.63. The van der Waals surface area contributed by atoms with E-state index < -0.39 is 12.1 Å². The number of carbonyl (C=O) groups excluding carboxylic acids is 1. The Bertz CT molecular complexity index is 761. The lowest BCUT2D eigenvalue weighted by molar-refractivity contribution is 0.0265. The predicted molar refractivity (Wildman–Crippen MR) is 89.2 cm³/mol. The summed E-state index contributed by atoms with van der Waals surface area (Å²) in [5, 5.41) is 4.16. The smallest absolute Gasteiger partial charge is 0.339 e. The zero-order valence-corrected chi connectivity index (χ0v) is 14.8. The lowest BCUT2D eigenvalue weighted by Gasteiger charge is -2.13. The summed E-state index contributed by atoms with van der Waals surface area (Å²) in [5.41, 5.74) is 0.273. The van der Waals surface area contributed by atoms with Gasteiger partial charge in [0, 0.05) is 12.8 Å². The van der Waals surface area contributed by atoms with Gasteiger partial charge in [0.25, 0.3) is 5.89 Å². The van der Waals surface area contributed by atoms with Crippen molar-refractivity contribution < 1.29 is 23.5 Å². The highest BCUT2D eigenvalue weighted by Gasteiger charge is 2.23. The van der Waals surface area contributed by atoms with E-state index in [-0.39, 0.29) is 11.5 Å². The number of aromatic nitrogens is 2. The highest BCUT2D eigenvalue weighted by Crippen LogP contribution is 2.38. The van der Waals surface area contributed by atoms with Crippen LogP contribution in [-0.2, 0) is 11.2 Å². The van der Waals surface area contributed by atoms with Crippen LogP contribution < -0.4 is 9.47 Å². The van der Waals surface area contributed by atoms with Gasteiger partial charge in [-0.25, -0.2) is 4.79 Å². The van der Waals surface area contributed by atoms with E-state index >= 15 is 0 Å². The number of aryl methyl sites for hydroxylation is 1. The number of carbonyl (C=O) groups is 1. The molecule has 0 aliphatic carbocycles. The maximum atomic E-state index is 12.4. The van der Waals surface area contributed by atoms with Crippen molar-refractivity contribution in [1.82, 2.24) is 10.1 Å². The Balaban J connectivity index is 1.74. The number of rotatable bonds is 5. The van der Waals surface area contributed by atoms with Crippen molar-refractivity contribution in [3.8, 4) is 11.5 Å². The van der Waals surface area contributed by atoms with Gasteiger partial charge >= 0.3 is 5.97 Å². The molecule has 0 N–H and O–H groups in total. The van der Waals surface area contributed by atoms with E-state index in [1.165, 1.54) is 6.07 Å². The Morgan fingerprint density at radius 2 is 2.16 bits per heavy atom. The minimum atomic E-state index is -0.666. The molecule has 0 saturated carbocycles. The van der Waals surface area contributed by atoms with Gasteiger partial charge in [-0.05, 0) is 25.5 Å². The van der Waals surface area contributed by atoms with Gasteiger partial charge in [-0.1, -0.05) is 23.7 Å². The van der Waals surface area contributed by atoms with E-state index in [0.717, 1.165) is 12.8 Å². The lowest BCUT2D eigenvalue weighted by Crippen LogP contribution is -2.10. The van der Waals surface area contributed by atoms with Gasteiger partial charge in [-0.3, -0.25) is 0 Å². The van der Waals surface area contributed by atoms with Crippen LogP contribution in [0.5, 0.6) is 11.5 Å². The van der Waals surface area contributed by atoms with Crippen LogP contribution in [0.2, 0.25) is 5.02 Å². The fourth-order valence-electron chi connectivity index (χ4n) is 2.39. The summed E-state index contributed by atoms with van der Waals surface area (Å²) < 4.78 is 21.7. The zero-order valence-electron chi connectivity index (χ0n) is 14.1. The average molecular weight is 367 g/mol. The van der Waals surface area contributed by atoms with E-state index in [2.05, 4.69) is 10.1 Å². The minimum Gasteiger partial charge on any atom is -0.489 e. The SMILES string of the molecule is CCCc1noc(C(C)OC(=O)c2cc(Cl)c3c(c2)OCCCO3)n1. The number of halogens is 1. The number of ether oxygens (including phenoxy) is 3. The van der Waals surface area contributed by atoms with Gasteiger partial charge in [0.05, 0.1) is 23.8 Å². The van der Waals surface area contributed by atoms with Crippen LogP contribution in [0.3, 0.4) is 0 Å². The van der Waals surface area contributed by atoms with Gasteiger partial charge in [0.15, 0.2) is 23.4 Å². The first kappa shape index (κ1) is 17.5. The Labute approximate surface area is 150 Å². The Kier molecular flexibility index (Phi) is 5.43. The van der Waals surface area contributed by atoms with Crippen molar-refractivity contribution >= 4 is 17.6 Å². The Morgan fingerprint density at radius 3 is 2.96 bits per heavy atom. The van der Waals surface area contributed by atoms with E-state index in [1.54, 1.807) is 13.0 Å². The molecule has 1 atom stereocenters. The molecule has 1 unspecified atom stereocenters. The van der Waals surface area contributed by atoms with E-state index in [0.29, 0.717) is 42.0 Å². The quantitative estimate of drug-likeness (QED) is 0.745. The molecule has 7 nitrogen and oxygen atoms in total. The second-order valence-electron chi connectivity index (χ2n) is 5.68. The molecule has 0 saturated heterocycles. The predicted octanol–water partition coefficient (Wildman–Crippen LogP) is 3.75. The standard InChI is InChI=1S/C17H19ClN2O5/c1-3-5-14-19-16(25-20-14)10(2)24-17(21)11-8-12(18)15-13(9-11)22-6-4-7-23-15/h8-10H,3-7H2,1-2H3. The van der Waals surface area contributed by atoms with Crippen molar-refractivity contribution in [2.45, 2.75) is 39.2 Å². The van der Waals surface area contributed by atoms with Gasteiger partial charge in [0.2, 0.25) is 0 Å². The first-order valence-electron chi connectivity index (χ1n) is 8.21. The van der Waals surface area contributed by atoms with Gasteiger partial charge in [0.1, 0.15) is 0 Å². The minimum absolute atomic E-state index is 0.261. The monoisotopic (exact) mass is 366 g/mol. The first-order chi connectivity index (χ1) is 12.1. The van der Waals surface area contributed by atoms with E-state index in [4.69, 9.17) is 30.3 Å². The van der Waals surface area contributed by atoms with Crippen LogP contribution in [-0.4, -0.2) is 29.3 Å². The van der Waals surface area contributed by atoms with Crippen molar-refractivity contribution in [1.29, 1.82) is 0 Å². The summed E-state index contributed by atoms with van der Waals surface area (Å²) in [6, 6.07) is 3.07. The molecule has 0 radical (unpaired) electrons. The van der Waals surface area contributed by atoms with Crippen LogP contribution in [0.25, 0.3) is 0 Å². The molecule has 3 rings (SSSR count). The normalized spacial score (nSPS) is 14.7. The Hall–Kier alpha value is -2.28. The topological polar surface area (TPSA) is 83.7 Å². The maximum absolute atomic E-state index is 12.4. The molecule has 1 aliphatic rings. The highest BCUT2D eigenvalue weighted by molar-refractivity contribution is 6.32. The molecular formula is C17H19ClN2O5. The molecule has 0 amide bonds. The molecule has 134 valence electrons. The van der Waals surface area contributed by atoms with Crippen molar-refractivity contribution in [2.75, 3.05) is 13.2 Å². The van der Waals surface area contributed by atoms with E-state index in [1.807, 2.05) is 6.92 Å². The van der Waals surface area contributed by atoms with Crippen molar-refractivity contribution in [3.63, 3.8) is 0 Å². The van der Waals surface area contributed by atoms with Crippen molar-refractivity contribution in [2.24, 2.45) is 0 Å². The van der Waals surface area contributed by atoms with E-state index in [9.17, 15) is 4.79 Å². The summed E-state index contributed by atoms with van der Waals surface area (Å²) in [5.74, 6) is 1.19. The molecule has 2 heterocycles. The number of benzene rings is 1. The fraction of sp³-hybridized carbons (Fsp3) is 0.471. The summed E-state index contributed by atoms with van der Waals surface area (Å²) in [4.78, 5) is 16.6. The van der Waals surface area contributed by atoms with Crippen LogP contribution >= 0.6 is 11.6 Å². The summed E-state index contributed by atoms with van der Waals surface area (Å²) in [6.07, 6.45) is 1.70. The third-order valence-corrected chi connectivity index (χ3v) is 3.91. The zero-order chi connectivity index (χ0) is 17.8.